The van der Waals surface area contributed by atoms with Crippen LogP contribution in [0, 0.1) is 0 Å². The number of urea groups is 16. The lowest BCUT2D eigenvalue weighted by Gasteiger charge is -2.55. The number of hydrogen-bond acceptors (Lipinski definition) is 23. The van der Waals surface area contributed by atoms with Gasteiger partial charge >= 0.3 is 120 Å². The highest BCUT2D eigenvalue weighted by molar-refractivity contribution is 6.00. The quantitative estimate of drug-likeness (QED) is 0.133. The summed E-state index contributed by atoms with van der Waals surface area (Å²) in [5.74, 6) is -19.8. The molecule has 55 nitrogen and oxygen atoms in total. The van der Waals surface area contributed by atoms with E-state index in [-0.39, 0.29) is 0 Å². The molecule has 24 heterocycles. The maximum Gasteiger partial charge on any atom is 0.330 e. The molecule has 24 fully saturated rings. The zero-order chi connectivity index (χ0) is 93.9. The van der Waals surface area contributed by atoms with Crippen molar-refractivity contribution in [3.05, 3.63) is 88.6 Å². The fourth-order valence-electron chi connectivity index (χ4n) is 28.0. The summed E-state index contributed by atoms with van der Waals surface area (Å²) in [6.07, 6.45) is 8.92. The second-order valence-corrected chi connectivity index (χ2v) is 38.1. The third-order valence-corrected chi connectivity index (χ3v) is 34.7. The molecule has 0 saturated carbocycles. The van der Waals surface area contributed by atoms with Crippen molar-refractivity contribution >= 4 is 96.5 Å². The Balaban J connectivity index is 0.749. The summed E-state index contributed by atoms with van der Waals surface area (Å²) in [6.45, 7) is 21.3. The summed E-state index contributed by atoms with van der Waals surface area (Å²) in [5, 5.41) is 0. The van der Waals surface area contributed by atoms with Crippen LogP contribution in [0.25, 0.3) is 0 Å². The minimum Gasteiger partial charge on any atom is -0.330 e. The number of ether oxygens (including phenoxy) is 7. The first-order valence-corrected chi connectivity index (χ1v) is 43.4. The Morgan fingerprint density at radius 2 is 0.241 bits per heavy atom. The molecular weight excluding hydrogens is 1750 g/mol. The highest BCUT2D eigenvalue weighted by Gasteiger charge is 2.96. The standard InChI is InChI=1S/C78H94N32O23/c1-17-24-127-72-69(14)91-35-87-49(113)83-31-79-47(111)81-33-85-51(115)89-37-93-55(119)99-43-107-61(125)109-45-101-57(121)95-39-103-59(123)105(41-97(72)53(91)117)76(131-28-21-5)75(103,130-27-20-4)104-40-96-58(122)102(74(101,71(95,96)16)129-26-19-3)46-110-62(126)108(77(107,132-29-22-6)78(109,110)133-30-23-7)44-100-56(120)94(70(93,15)73(99,100)128-25-18-2)38-90-52(116)86(66(85,11)68(89,90)13)34-82-48(112)80(63(79,8)64(81,82)9)32-84-50(114)88(67(87,12)65(83,84)10)36-92(69)54(118)98(72)42-106(76)60(104)124/h17-23H,1-7,24-46H2,8-16H3. The molecule has 55 heteroatoms. The zero-order valence-corrected chi connectivity index (χ0v) is 74.0. The van der Waals surface area contributed by atoms with E-state index in [2.05, 4.69) is 46.1 Å². The van der Waals surface area contributed by atoms with Crippen LogP contribution in [0.1, 0.15) is 62.3 Å². The van der Waals surface area contributed by atoms with Crippen molar-refractivity contribution in [1.29, 1.82) is 0 Å². The lowest BCUT2D eigenvalue weighted by Crippen LogP contribution is -2.79. The van der Waals surface area contributed by atoms with Crippen LogP contribution >= 0.6 is 0 Å². The van der Waals surface area contributed by atoms with E-state index >= 15 is 76.7 Å². The molecule has 32 amide bonds. The Kier molecular flexibility index (Phi) is 14.3. The van der Waals surface area contributed by atoms with Gasteiger partial charge in [0.2, 0.25) is 0 Å². The average molecular weight is 1850 g/mol. The highest BCUT2D eigenvalue weighted by Crippen LogP contribution is 2.70. The van der Waals surface area contributed by atoms with E-state index in [0.29, 0.717) is 0 Å². The van der Waals surface area contributed by atoms with E-state index in [9.17, 15) is 0 Å². The van der Waals surface area contributed by atoms with Crippen molar-refractivity contribution in [2.24, 2.45) is 0 Å². The maximum atomic E-state index is 17.6. The van der Waals surface area contributed by atoms with E-state index in [1.165, 1.54) is 150 Å². The molecule has 704 valence electrons. The number of carbonyl (C=O) groups is 16. The van der Waals surface area contributed by atoms with Crippen LogP contribution in [0.2, 0.25) is 0 Å². The molecule has 24 saturated heterocycles. The Labute approximate surface area is 756 Å². The Morgan fingerprint density at radius 1 is 0.158 bits per heavy atom. The van der Waals surface area contributed by atoms with Crippen LogP contribution in [0.15, 0.2) is 88.6 Å². The largest absolute Gasteiger partial charge is 0.330 e. The molecule has 0 aromatic carbocycles. The summed E-state index contributed by atoms with van der Waals surface area (Å²) in [6, 6.07) is -17.1. The zero-order valence-electron chi connectivity index (χ0n) is 74.0. The molecule has 0 bridgehead atoms. The smallest absolute Gasteiger partial charge is 0.330 e. The number of carbonyl (C=O) groups excluding carboxylic acids is 16. The van der Waals surface area contributed by atoms with E-state index in [4.69, 9.17) is 33.2 Å². The van der Waals surface area contributed by atoms with Gasteiger partial charge < -0.3 is 33.2 Å². The van der Waals surface area contributed by atoms with Gasteiger partial charge in [0.1, 0.15) is 107 Å². The van der Waals surface area contributed by atoms with E-state index in [0.717, 1.165) is 98.0 Å². The molecule has 24 aliphatic heterocycles. The highest BCUT2D eigenvalue weighted by atomic mass is 16.7. The first kappa shape index (κ1) is 81.2. The van der Waals surface area contributed by atoms with Gasteiger partial charge in [-0.2, -0.15) is 0 Å². The Hall–Kier alpha value is -13.8. The van der Waals surface area contributed by atoms with E-state index < -0.39 is 341 Å². The summed E-state index contributed by atoms with van der Waals surface area (Å²) in [5.41, 5.74) is -19.7. The second-order valence-electron chi connectivity index (χ2n) is 38.1. The van der Waals surface area contributed by atoms with Gasteiger partial charge in [0, 0.05) is 0 Å². The lowest BCUT2D eigenvalue weighted by molar-refractivity contribution is -0.366. The van der Waals surface area contributed by atoms with Gasteiger partial charge in [-0.1, -0.05) is 42.5 Å². The van der Waals surface area contributed by atoms with Crippen LogP contribution in [0.3, 0.4) is 0 Å². The molecule has 0 atom stereocenters. The minimum atomic E-state index is -2.93. The molecule has 133 heavy (non-hydrogen) atoms. The predicted octanol–water partition coefficient (Wildman–Crippen LogP) is -0.329. The summed E-state index contributed by atoms with van der Waals surface area (Å²) in [7, 11) is 0. The Bertz CT molecular complexity index is 5460. The number of nitrogens with zero attached hydrogens (tertiary/aromatic N) is 32. The van der Waals surface area contributed by atoms with Crippen molar-refractivity contribution in [2.45, 2.75) is 154 Å². The molecular formula is C78H94N32O23. The summed E-state index contributed by atoms with van der Waals surface area (Å²) < 4.78 is 49.8. The van der Waals surface area contributed by atoms with Gasteiger partial charge in [0.15, 0.2) is 51.0 Å². The second kappa shape index (κ2) is 23.4. The SMILES string of the molecule is C=CCOC12N3CN4C(=O)N5CN6C(=O)N7CN8C(=O)N9CN%10C(=O)N%11CN%12C(=O)N%13CN%14C(=O)N%15CN%16C(=O)N%17CN(C3=O)C1(C)N1CN3C(=O)N(CN%18C(=O)N(CN%19C(=O)N(CN%20C(=O)N(CN%21C(=O)N(CN%22C(=O)N(CN%23C(=O)N(CN2C1=O)C4(OCC=C)C5%23OCC=C)C6(C)C7%22OCC=C)C8(OCC=C)C9%21OCC=C)C%10(OCC=C)C%11%20C)C%12(C)C%13%19C)C%14(C)C%15%18C)C%16(C)C%173C. The topological polar surface area (TPSA) is 441 Å². The Morgan fingerprint density at radius 3 is 0.368 bits per heavy atom. The first-order chi connectivity index (χ1) is 63.1. The number of amides is 32. The van der Waals surface area contributed by atoms with Crippen molar-refractivity contribution in [3.63, 3.8) is 0 Å². The monoisotopic (exact) mass is 1850 g/mol. The van der Waals surface area contributed by atoms with Crippen LogP contribution in [0.4, 0.5) is 76.7 Å². The third-order valence-electron chi connectivity index (χ3n) is 34.7. The predicted molar refractivity (Wildman–Crippen MR) is 431 cm³/mol. The first-order valence-electron chi connectivity index (χ1n) is 43.4. The van der Waals surface area contributed by atoms with Gasteiger partial charge in [0.25, 0.3) is 17.5 Å². The number of hydrogen-bond donors (Lipinski definition) is 0. The minimum absolute atomic E-state index is 0.537. The van der Waals surface area contributed by atoms with Crippen molar-refractivity contribution in [2.75, 3.05) is 153 Å². The normalized spacial score (nSPS) is 41.2. The molecule has 24 aliphatic rings. The van der Waals surface area contributed by atoms with Crippen LogP contribution in [-0.2, 0) is 33.2 Å². The van der Waals surface area contributed by atoms with Crippen molar-refractivity contribution in [1.82, 2.24) is 157 Å². The molecule has 0 radical (unpaired) electrons. The van der Waals surface area contributed by atoms with Crippen molar-refractivity contribution in [3.8, 4) is 0 Å². The van der Waals surface area contributed by atoms with Gasteiger partial charge in [-0.25, -0.2) is 76.7 Å². The summed E-state index contributed by atoms with van der Waals surface area (Å²) >= 11 is 0. The van der Waals surface area contributed by atoms with Crippen LogP contribution < -0.4 is 0 Å². The third kappa shape index (κ3) is 7.01. The van der Waals surface area contributed by atoms with Gasteiger partial charge in [0.05, 0.1) is 46.2 Å². The van der Waals surface area contributed by atoms with Gasteiger partial charge in [-0.05, 0) is 62.3 Å². The molecule has 0 aromatic heterocycles. The molecule has 0 aromatic rings. The number of rotatable bonds is 21. The summed E-state index contributed by atoms with van der Waals surface area (Å²) in [4.78, 5) is 311. The average Bonchev–Trinajstić information content (AvgIpc) is 1.44. The van der Waals surface area contributed by atoms with Gasteiger partial charge in [-0.15, -0.1) is 46.1 Å². The van der Waals surface area contributed by atoms with E-state index in [1.54, 1.807) is 13.8 Å². The van der Waals surface area contributed by atoms with E-state index in [1.807, 2.05) is 0 Å². The van der Waals surface area contributed by atoms with Crippen molar-refractivity contribution < 1.29 is 110 Å². The fourth-order valence-corrected chi connectivity index (χ4v) is 28.0. The molecule has 24 rings (SSSR count). The molecule has 0 N–H and O–H groups in total. The van der Waals surface area contributed by atoms with Crippen LogP contribution in [0.5, 0.6) is 0 Å². The van der Waals surface area contributed by atoms with Gasteiger partial charge in [-0.3, -0.25) is 157 Å². The molecule has 0 unspecified atom stereocenters. The molecule has 0 spiro atoms. The maximum absolute atomic E-state index is 17.6. The lowest BCUT2D eigenvalue weighted by atomic mass is 9.91. The molecule has 0 aliphatic carbocycles. The fraction of sp³-hybridized carbons (Fsp3) is 0.615. The van der Waals surface area contributed by atoms with Crippen LogP contribution in [-0.4, -0.2) is 498 Å².